The molecule has 3 aromatic rings. The number of benzene rings is 1. The maximum absolute atomic E-state index is 11.9. The number of ether oxygens (including phenoxy) is 1. The molecule has 0 fully saturated rings. The smallest absolute Gasteiger partial charge is 0.353 e. The van der Waals surface area contributed by atoms with Gasteiger partial charge in [0, 0.05) is 11.4 Å². The summed E-state index contributed by atoms with van der Waals surface area (Å²) >= 11 is 0. The van der Waals surface area contributed by atoms with Crippen LogP contribution in [0.2, 0.25) is 0 Å². The zero-order chi connectivity index (χ0) is 20.8. The molecule has 0 unspecified atom stereocenters. The Kier molecular flexibility index (Phi) is 5.93. The average Bonchev–Trinajstić information content (AvgIpc) is 2.68. The largest absolute Gasteiger partial charge is 0.462 e. The molecule has 0 spiro atoms. The Bertz CT molecular complexity index is 1060. The van der Waals surface area contributed by atoms with Crippen LogP contribution in [0.25, 0.3) is 0 Å². The normalized spacial score (nSPS) is 10.3. The van der Waals surface area contributed by atoms with E-state index in [1.165, 1.54) is 12.4 Å². The second-order valence-electron chi connectivity index (χ2n) is 5.89. The summed E-state index contributed by atoms with van der Waals surface area (Å²) in [4.78, 5) is 35.3. The molecule has 0 radical (unpaired) electrons. The van der Waals surface area contributed by atoms with Gasteiger partial charge in [0.15, 0.2) is 0 Å². The second kappa shape index (κ2) is 8.74. The lowest BCUT2D eigenvalue weighted by Gasteiger charge is -2.10. The van der Waals surface area contributed by atoms with E-state index in [-0.39, 0.29) is 23.9 Å². The van der Waals surface area contributed by atoms with E-state index in [4.69, 9.17) is 4.74 Å². The molecule has 0 saturated heterocycles. The van der Waals surface area contributed by atoms with Crippen molar-refractivity contribution in [3.8, 4) is 0 Å². The van der Waals surface area contributed by atoms with E-state index >= 15 is 0 Å². The summed E-state index contributed by atoms with van der Waals surface area (Å²) in [5.74, 6) is -0.100. The number of carbonyl (C=O) groups is 1. The Morgan fingerprint density at radius 1 is 1.14 bits per heavy atom. The molecule has 3 rings (SSSR count). The Balaban J connectivity index is 1.93. The molecule has 2 aromatic heterocycles. The number of nitro groups is 1. The Labute approximate surface area is 166 Å². The first-order valence-electron chi connectivity index (χ1n) is 8.72. The first-order chi connectivity index (χ1) is 14.0. The third-order valence-electron chi connectivity index (χ3n) is 3.78. The van der Waals surface area contributed by atoms with Crippen molar-refractivity contribution in [1.29, 1.82) is 0 Å². The number of aryl methyl sites for hydroxylation is 1. The first kappa shape index (κ1) is 19.7. The van der Waals surface area contributed by atoms with Gasteiger partial charge in [-0.2, -0.15) is 0 Å². The van der Waals surface area contributed by atoms with Crippen molar-refractivity contribution in [2.45, 2.75) is 13.8 Å². The highest BCUT2D eigenvalue weighted by atomic mass is 16.6. The highest BCUT2D eigenvalue weighted by Gasteiger charge is 2.24. The summed E-state index contributed by atoms with van der Waals surface area (Å²) in [6, 6.07) is 11.7. The summed E-state index contributed by atoms with van der Waals surface area (Å²) in [7, 11) is 0. The van der Waals surface area contributed by atoms with Gasteiger partial charge in [-0.3, -0.25) is 10.1 Å². The van der Waals surface area contributed by atoms with Crippen LogP contribution in [0.1, 0.15) is 23.0 Å². The van der Waals surface area contributed by atoms with Crippen LogP contribution in [-0.2, 0) is 4.74 Å². The van der Waals surface area contributed by atoms with Crippen LogP contribution in [0, 0.1) is 17.0 Å². The predicted molar refractivity (Wildman–Crippen MR) is 107 cm³/mol. The van der Waals surface area contributed by atoms with Crippen LogP contribution >= 0.6 is 0 Å². The molecule has 2 N–H and O–H groups in total. The Morgan fingerprint density at radius 2 is 1.86 bits per heavy atom. The SMILES string of the molecule is CCOC(=O)c1cccc(Nc2ncnc(Nc3cccc(C)n3)c2[N+](=O)[O-])c1. The molecule has 1 aromatic carbocycles. The number of rotatable bonds is 7. The predicted octanol–water partition coefficient (Wildman–Crippen LogP) is 3.75. The molecule has 2 heterocycles. The molecule has 10 nitrogen and oxygen atoms in total. The summed E-state index contributed by atoms with van der Waals surface area (Å²) in [6.07, 6.45) is 1.20. The Morgan fingerprint density at radius 3 is 2.55 bits per heavy atom. The molecule has 29 heavy (non-hydrogen) atoms. The van der Waals surface area contributed by atoms with Crippen LogP contribution in [0.5, 0.6) is 0 Å². The molecule has 148 valence electrons. The van der Waals surface area contributed by atoms with Crippen LogP contribution in [-0.4, -0.2) is 32.5 Å². The number of pyridine rings is 1. The lowest BCUT2D eigenvalue weighted by molar-refractivity contribution is -0.383. The van der Waals surface area contributed by atoms with Crippen LogP contribution in [0.4, 0.5) is 28.8 Å². The molecule has 0 amide bonds. The number of hydrogen-bond donors (Lipinski definition) is 2. The van der Waals surface area contributed by atoms with E-state index in [1.54, 1.807) is 37.3 Å². The number of anilines is 4. The number of carbonyl (C=O) groups excluding carboxylic acids is 1. The summed E-state index contributed by atoms with van der Waals surface area (Å²) in [5.41, 5.74) is 1.16. The van der Waals surface area contributed by atoms with Gasteiger partial charge in [-0.15, -0.1) is 0 Å². The number of nitrogens with zero attached hydrogens (tertiary/aromatic N) is 4. The zero-order valence-corrected chi connectivity index (χ0v) is 15.7. The quantitative estimate of drug-likeness (QED) is 0.349. The van der Waals surface area contributed by atoms with Crippen molar-refractivity contribution in [1.82, 2.24) is 15.0 Å². The second-order valence-corrected chi connectivity index (χ2v) is 5.89. The lowest BCUT2D eigenvalue weighted by atomic mass is 10.2. The van der Waals surface area contributed by atoms with Gasteiger partial charge in [-0.05, 0) is 44.2 Å². The molecular formula is C19H18N6O4. The molecule has 0 atom stereocenters. The fourth-order valence-corrected chi connectivity index (χ4v) is 2.54. The summed E-state index contributed by atoms with van der Waals surface area (Å²) in [6.45, 7) is 3.76. The van der Waals surface area contributed by atoms with Gasteiger partial charge < -0.3 is 15.4 Å². The van der Waals surface area contributed by atoms with Crippen LogP contribution < -0.4 is 10.6 Å². The fourth-order valence-electron chi connectivity index (χ4n) is 2.54. The minimum Gasteiger partial charge on any atom is -0.462 e. The number of aromatic nitrogens is 3. The minimum absolute atomic E-state index is 0.00727. The van der Waals surface area contributed by atoms with Gasteiger partial charge in [0.1, 0.15) is 12.1 Å². The topological polar surface area (TPSA) is 132 Å². The van der Waals surface area contributed by atoms with Crippen molar-refractivity contribution >= 4 is 34.8 Å². The van der Waals surface area contributed by atoms with Crippen molar-refractivity contribution in [2.75, 3.05) is 17.2 Å². The summed E-state index contributed by atoms with van der Waals surface area (Å²) < 4.78 is 4.97. The van der Waals surface area contributed by atoms with Gasteiger partial charge in [-0.1, -0.05) is 12.1 Å². The molecule has 0 aliphatic rings. The first-order valence-corrected chi connectivity index (χ1v) is 8.72. The van der Waals surface area contributed by atoms with Crippen molar-refractivity contribution in [2.24, 2.45) is 0 Å². The maximum atomic E-state index is 11.9. The van der Waals surface area contributed by atoms with Gasteiger partial charge >= 0.3 is 11.7 Å². The van der Waals surface area contributed by atoms with E-state index in [2.05, 4.69) is 25.6 Å². The molecule has 0 saturated carbocycles. The number of hydrogen-bond acceptors (Lipinski definition) is 9. The minimum atomic E-state index is -0.588. The lowest BCUT2D eigenvalue weighted by Crippen LogP contribution is -2.07. The standard InChI is InChI=1S/C19H18N6O4/c1-3-29-19(26)13-7-5-8-14(10-13)23-17-16(25(27)28)18(21-11-20-17)24-15-9-4-6-12(2)22-15/h4-11H,3H2,1-2H3,(H2,20,21,22,23,24). The average molecular weight is 394 g/mol. The van der Waals surface area contributed by atoms with Crippen LogP contribution in [0.3, 0.4) is 0 Å². The molecule has 10 heteroatoms. The molecular weight excluding hydrogens is 376 g/mol. The number of nitrogens with one attached hydrogen (secondary N) is 2. The monoisotopic (exact) mass is 394 g/mol. The zero-order valence-electron chi connectivity index (χ0n) is 15.7. The van der Waals surface area contributed by atoms with E-state index in [9.17, 15) is 14.9 Å². The van der Waals surface area contributed by atoms with Crippen LogP contribution in [0.15, 0.2) is 48.8 Å². The molecule has 0 aliphatic heterocycles. The van der Waals surface area contributed by atoms with Crippen molar-refractivity contribution < 1.29 is 14.5 Å². The van der Waals surface area contributed by atoms with E-state index in [0.29, 0.717) is 17.1 Å². The number of esters is 1. The van der Waals surface area contributed by atoms with Gasteiger partial charge in [0.05, 0.1) is 17.1 Å². The maximum Gasteiger partial charge on any atom is 0.353 e. The van der Waals surface area contributed by atoms with Gasteiger partial charge in [0.25, 0.3) is 0 Å². The summed E-state index contributed by atoms with van der Waals surface area (Å²) in [5, 5.41) is 17.4. The molecule has 0 bridgehead atoms. The molecule has 0 aliphatic carbocycles. The van der Waals surface area contributed by atoms with Gasteiger partial charge in [0.2, 0.25) is 11.6 Å². The Hall–Kier alpha value is -4.08. The van der Waals surface area contributed by atoms with E-state index in [0.717, 1.165) is 5.69 Å². The van der Waals surface area contributed by atoms with Gasteiger partial charge in [-0.25, -0.2) is 19.7 Å². The highest BCUT2D eigenvalue weighted by Crippen LogP contribution is 2.32. The van der Waals surface area contributed by atoms with E-state index < -0.39 is 10.9 Å². The van der Waals surface area contributed by atoms with Crippen molar-refractivity contribution in [3.05, 3.63) is 70.2 Å². The fraction of sp³-hybridized carbons (Fsp3) is 0.158. The van der Waals surface area contributed by atoms with Crippen molar-refractivity contribution in [3.63, 3.8) is 0 Å². The third-order valence-corrected chi connectivity index (χ3v) is 3.78. The highest BCUT2D eigenvalue weighted by molar-refractivity contribution is 5.91. The van der Waals surface area contributed by atoms with E-state index in [1.807, 2.05) is 13.0 Å². The third kappa shape index (κ3) is 4.80.